The first kappa shape index (κ1) is 13.6. The molecule has 6 heteroatoms. The van der Waals surface area contributed by atoms with Crippen LogP contribution in [0.25, 0.3) is 0 Å². The van der Waals surface area contributed by atoms with E-state index in [-0.39, 0.29) is 0 Å². The van der Waals surface area contributed by atoms with Gasteiger partial charge < -0.3 is 14.4 Å². The lowest BCUT2D eigenvalue weighted by molar-refractivity contribution is 0.0320. The first-order valence-electron chi connectivity index (χ1n) is 7.42. The second-order valence-electron chi connectivity index (χ2n) is 5.21. The molecule has 110 valence electrons. The maximum Gasteiger partial charge on any atom is 0.234 e. The van der Waals surface area contributed by atoms with Crippen LogP contribution in [-0.4, -0.2) is 67.4 Å². The monoisotopic (exact) mass is 278 g/mol. The molecule has 0 aromatic carbocycles. The van der Waals surface area contributed by atoms with Crippen molar-refractivity contribution in [1.82, 2.24) is 14.9 Å². The van der Waals surface area contributed by atoms with Crippen molar-refractivity contribution in [3.63, 3.8) is 0 Å². The minimum atomic E-state index is 0.627. The zero-order valence-corrected chi connectivity index (χ0v) is 11.8. The van der Waals surface area contributed by atoms with E-state index >= 15 is 0 Å². The highest BCUT2D eigenvalue weighted by molar-refractivity contribution is 5.38. The van der Waals surface area contributed by atoms with Gasteiger partial charge >= 0.3 is 0 Å². The van der Waals surface area contributed by atoms with Crippen LogP contribution >= 0.6 is 0 Å². The molecule has 0 spiro atoms. The summed E-state index contributed by atoms with van der Waals surface area (Å²) in [5.74, 6) is 1.56. The maximum absolute atomic E-state index is 5.73. The first-order valence-corrected chi connectivity index (χ1v) is 7.42. The van der Waals surface area contributed by atoms with Crippen LogP contribution in [0.5, 0.6) is 5.88 Å². The molecular formula is C14H22N4O2. The highest BCUT2D eigenvalue weighted by Gasteiger charge is 2.15. The van der Waals surface area contributed by atoms with Gasteiger partial charge in [0.05, 0.1) is 25.6 Å². The Kier molecular flexibility index (Phi) is 4.65. The van der Waals surface area contributed by atoms with Crippen LogP contribution in [0.4, 0.5) is 5.82 Å². The van der Waals surface area contributed by atoms with E-state index in [1.165, 1.54) is 12.8 Å². The van der Waals surface area contributed by atoms with Crippen LogP contribution in [0.3, 0.4) is 0 Å². The molecule has 0 N–H and O–H groups in total. The van der Waals surface area contributed by atoms with E-state index in [9.17, 15) is 0 Å². The number of hydrogen-bond acceptors (Lipinski definition) is 6. The van der Waals surface area contributed by atoms with Gasteiger partial charge in [-0.05, 0) is 12.8 Å². The molecule has 6 nitrogen and oxygen atoms in total. The molecule has 0 saturated carbocycles. The molecule has 2 aliphatic rings. The fourth-order valence-electron chi connectivity index (χ4n) is 2.61. The summed E-state index contributed by atoms with van der Waals surface area (Å²) in [4.78, 5) is 13.4. The summed E-state index contributed by atoms with van der Waals surface area (Å²) in [6.45, 7) is 7.34. The SMILES string of the molecule is c1ncc(N2CCCC2)nc1OCCN1CCOCC1. The molecule has 3 heterocycles. The zero-order chi connectivity index (χ0) is 13.6. The molecule has 0 amide bonds. The molecule has 20 heavy (non-hydrogen) atoms. The summed E-state index contributed by atoms with van der Waals surface area (Å²) in [7, 11) is 0. The molecule has 1 aromatic rings. The Balaban J connectivity index is 1.48. The van der Waals surface area contributed by atoms with Crippen molar-refractivity contribution in [2.24, 2.45) is 0 Å². The molecule has 0 atom stereocenters. The molecule has 0 unspecified atom stereocenters. The lowest BCUT2D eigenvalue weighted by atomic mass is 10.4. The van der Waals surface area contributed by atoms with Crippen LogP contribution in [0.2, 0.25) is 0 Å². The summed E-state index contributed by atoms with van der Waals surface area (Å²) in [5.41, 5.74) is 0. The molecule has 2 aliphatic heterocycles. The Morgan fingerprint density at radius 3 is 2.70 bits per heavy atom. The van der Waals surface area contributed by atoms with Gasteiger partial charge in [0.15, 0.2) is 5.82 Å². The normalized spacial score (nSPS) is 20.3. The molecule has 0 bridgehead atoms. The quantitative estimate of drug-likeness (QED) is 0.793. The van der Waals surface area contributed by atoms with Crippen LogP contribution in [0.15, 0.2) is 12.4 Å². The summed E-state index contributed by atoms with van der Waals surface area (Å²) in [5, 5.41) is 0. The van der Waals surface area contributed by atoms with Gasteiger partial charge in [-0.1, -0.05) is 0 Å². The highest BCUT2D eigenvalue weighted by Crippen LogP contribution is 2.18. The molecule has 0 radical (unpaired) electrons. The van der Waals surface area contributed by atoms with Crippen LogP contribution in [-0.2, 0) is 4.74 Å². The predicted molar refractivity (Wildman–Crippen MR) is 76.2 cm³/mol. The van der Waals surface area contributed by atoms with Crippen molar-refractivity contribution in [1.29, 1.82) is 0 Å². The topological polar surface area (TPSA) is 50.7 Å². The third-order valence-electron chi connectivity index (χ3n) is 3.79. The average Bonchev–Trinajstić information content (AvgIpc) is 3.03. The third kappa shape index (κ3) is 3.58. The van der Waals surface area contributed by atoms with E-state index in [0.29, 0.717) is 12.5 Å². The van der Waals surface area contributed by atoms with Crippen molar-refractivity contribution in [2.45, 2.75) is 12.8 Å². The summed E-state index contributed by atoms with van der Waals surface area (Å²) in [6, 6.07) is 0. The second-order valence-corrected chi connectivity index (χ2v) is 5.21. The minimum absolute atomic E-state index is 0.627. The van der Waals surface area contributed by atoms with E-state index in [1.54, 1.807) is 6.20 Å². The van der Waals surface area contributed by atoms with Crippen LogP contribution in [0.1, 0.15) is 12.8 Å². The van der Waals surface area contributed by atoms with Gasteiger partial charge in [-0.2, -0.15) is 4.98 Å². The lowest BCUT2D eigenvalue weighted by Crippen LogP contribution is -2.38. The Bertz CT molecular complexity index is 417. The predicted octanol–water partition coefficient (Wildman–Crippen LogP) is 0.788. The summed E-state index contributed by atoms with van der Waals surface area (Å²) in [6.07, 6.45) is 5.99. The Morgan fingerprint density at radius 2 is 1.90 bits per heavy atom. The molecule has 3 rings (SSSR count). The van der Waals surface area contributed by atoms with Crippen molar-refractivity contribution < 1.29 is 9.47 Å². The number of hydrogen-bond donors (Lipinski definition) is 0. The van der Waals surface area contributed by atoms with Gasteiger partial charge in [-0.15, -0.1) is 0 Å². The maximum atomic E-state index is 5.73. The molecule has 2 saturated heterocycles. The number of nitrogens with zero attached hydrogens (tertiary/aromatic N) is 4. The van der Waals surface area contributed by atoms with Crippen LogP contribution < -0.4 is 9.64 Å². The van der Waals surface area contributed by atoms with E-state index < -0.39 is 0 Å². The Hall–Kier alpha value is -1.40. The van der Waals surface area contributed by atoms with Gasteiger partial charge in [0.2, 0.25) is 5.88 Å². The number of morpholine rings is 1. The third-order valence-corrected chi connectivity index (χ3v) is 3.79. The highest BCUT2D eigenvalue weighted by atomic mass is 16.5. The summed E-state index contributed by atoms with van der Waals surface area (Å²) >= 11 is 0. The van der Waals surface area contributed by atoms with Crippen molar-refractivity contribution in [3.05, 3.63) is 12.4 Å². The standard InChI is InChI=1S/C14H22N4O2/c1-2-4-18(3-1)13-11-15-12-14(16-13)20-10-7-17-5-8-19-9-6-17/h11-12H,1-10H2. The van der Waals surface area contributed by atoms with Crippen molar-refractivity contribution in [2.75, 3.05) is 57.4 Å². The lowest BCUT2D eigenvalue weighted by Gasteiger charge is -2.26. The fraction of sp³-hybridized carbons (Fsp3) is 0.714. The summed E-state index contributed by atoms with van der Waals surface area (Å²) < 4.78 is 11.1. The van der Waals surface area contributed by atoms with Crippen LogP contribution in [0, 0.1) is 0 Å². The van der Waals surface area contributed by atoms with Gasteiger partial charge in [0, 0.05) is 32.7 Å². The Labute approximate surface area is 119 Å². The number of ether oxygens (including phenoxy) is 2. The van der Waals surface area contributed by atoms with Gasteiger partial charge in [-0.3, -0.25) is 9.88 Å². The molecule has 2 fully saturated rings. The molecule has 1 aromatic heterocycles. The Morgan fingerprint density at radius 1 is 1.10 bits per heavy atom. The molecule has 0 aliphatic carbocycles. The number of aromatic nitrogens is 2. The average molecular weight is 278 g/mol. The van der Waals surface area contributed by atoms with Crippen molar-refractivity contribution in [3.8, 4) is 5.88 Å². The van der Waals surface area contributed by atoms with Gasteiger partial charge in [0.25, 0.3) is 0 Å². The number of anilines is 1. The first-order chi connectivity index (χ1) is 9.92. The second kappa shape index (κ2) is 6.85. The largest absolute Gasteiger partial charge is 0.475 e. The van der Waals surface area contributed by atoms with E-state index in [0.717, 1.165) is 51.8 Å². The van der Waals surface area contributed by atoms with Crippen molar-refractivity contribution >= 4 is 5.82 Å². The number of rotatable bonds is 5. The van der Waals surface area contributed by atoms with Gasteiger partial charge in [0.1, 0.15) is 6.61 Å². The minimum Gasteiger partial charge on any atom is -0.475 e. The molecular weight excluding hydrogens is 256 g/mol. The van der Waals surface area contributed by atoms with Gasteiger partial charge in [-0.25, -0.2) is 0 Å². The van der Waals surface area contributed by atoms with E-state index in [2.05, 4.69) is 19.8 Å². The zero-order valence-electron chi connectivity index (χ0n) is 11.8. The fourth-order valence-corrected chi connectivity index (χ4v) is 2.61. The smallest absolute Gasteiger partial charge is 0.234 e. The van der Waals surface area contributed by atoms with E-state index in [1.807, 2.05) is 6.20 Å². The van der Waals surface area contributed by atoms with E-state index in [4.69, 9.17) is 9.47 Å².